The van der Waals surface area contributed by atoms with Crippen molar-refractivity contribution >= 4 is 0 Å². The highest BCUT2D eigenvalue weighted by molar-refractivity contribution is 5.29. The zero-order chi connectivity index (χ0) is 13.5. The van der Waals surface area contributed by atoms with E-state index >= 15 is 0 Å². The maximum Gasteiger partial charge on any atom is 0.119 e. The van der Waals surface area contributed by atoms with Gasteiger partial charge in [-0.05, 0) is 43.5 Å². The zero-order valence-electron chi connectivity index (χ0n) is 12.4. The second-order valence-corrected chi connectivity index (χ2v) is 5.55. The average molecular weight is 249 g/mol. The fourth-order valence-electron chi connectivity index (χ4n) is 1.80. The van der Waals surface area contributed by atoms with E-state index in [0.717, 1.165) is 18.7 Å². The number of ether oxygens (including phenoxy) is 1. The van der Waals surface area contributed by atoms with Gasteiger partial charge in [0.05, 0.1) is 6.10 Å². The Bertz CT molecular complexity index is 329. The predicted octanol–water partition coefficient (Wildman–Crippen LogP) is 3.97. The SMILES string of the molecule is CC(C)NCCC(C)Oc1ccc(C(C)C)cc1. The molecule has 1 N–H and O–H groups in total. The molecule has 1 aromatic rings. The van der Waals surface area contributed by atoms with E-state index in [4.69, 9.17) is 4.74 Å². The summed E-state index contributed by atoms with van der Waals surface area (Å²) in [4.78, 5) is 0. The molecule has 0 spiro atoms. The van der Waals surface area contributed by atoms with E-state index in [2.05, 4.69) is 64.2 Å². The Hall–Kier alpha value is -1.02. The summed E-state index contributed by atoms with van der Waals surface area (Å²) in [6.07, 6.45) is 1.28. The second-order valence-electron chi connectivity index (χ2n) is 5.55. The van der Waals surface area contributed by atoms with Crippen molar-refractivity contribution in [3.63, 3.8) is 0 Å². The molecule has 0 bridgehead atoms. The largest absolute Gasteiger partial charge is 0.491 e. The number of hydrogen-bond donors (Lipinski definition) is 1. The first-order chi connectivity index (χ1) is 8.49. The van der Waals surface area contributed by atoms with E-state index in [0.29, 0.717) is 12.0 Å². The number of rotatable bonds is 7. The van der Waals surface area contributed by atoms with Gasteiger partial charge in [-0.25, -0.2) is 0 Å². The van der Waals surface area contributed by atoms with E-state index in [1.165, 1.54) is 5.56 Å². The van der Waals surface area contributed by atoms with Gasteiger partial charge in [-0.2, -0.15) is 0 Å². The van der Waals surface area contributed by atoms with Crippen molar-refractivity contribution in [2.24, 2.45) is 0 Å². The van der Waals surface area contributed by atoms with Crippen molar-refractivity contribution in [2.45, 2.75) is 59.1 Å². The van der Waals surface area contributed by atoms with Crippen LogP contribution >= 0.6 is 0 Å². The Kier molecular flexibility index (Phi) is 6.20. The monoisotopic (exact) mass is 249 g/mol. The molecule has 1 rings (SSSR count). The molecule has 0 saturated heterocycles. The van der Waals surface area contributed by atoms with Crippen molar-refractivity contribution in [3.8, 4) is 5.75 Å². The van der Waals surface area contributed by atoms with Crippen LogP contribution in [-0.2, 0) is 0 Å². The van der Waals surface area contributed by atoms with Gasteiger partial charge in [-0.1, -0.05) is 39.8 Å². The lowest BCUT2D eigenvalue weighted by Gasteiger charge is -2.16. The summed E-state index contributed by atoms with van der Waals surface area (Å²) >= 11 is 0. The third-order valence-electron chi connectivity index (χ3n) is 2.99. The molecule has 0 aliphatic heterocycles. The van der Waals surface area contributed by atoms with Crippen LogP contribution in [0.5, 0.6) is 5.75 Å². The van der Waals surface area contributed by atoms with Gasteiger partial charge in [0.2, 0.25) is 0 Å². The molecule has 0 fully saturated rings. The van der Waals surface area contributed by atoms with Crippen molar-refractivity contribution < 1.29 is 4.74 Å². The van der Waals surface area contributed by atoms with Crippen molar-refractivity contribution in [2.75, 3.05) is 6.54 Å². The molecular formula is C16H27NO. The van der Waals surface area contributed by atoms with Gasteiger partial charge in [-0.3, -0.25) is 0 Å². The lowest BCUT2D eigenvalue weighted by atomic mass is 10.0. The molecule has 0 radical (unpaired) electrons. The minimum atomic E-state index is 0.251. The normalized spacial score (nSPS) is 13.1. The summed E-state index contributed by atoms with van der Waals surface area (Å²) in [6.45, 7) is 11.9. The fourth-order valence-corrected chi connectivity index (χ4v) is 1.80. The zero-order valence-corrected chi connectivity index (χ0v) is 12.4. The minimum Gasteiger partial charge on any atom is -0.491 e. The molecule has 1 atom stereocenters. The number of benzene rings is 1. The number of hydrogen-bond acceptors (Lipinski definition) is 2. The second kappa shape index (κ2) is 7.42. The summed E-state index contributed by atoms with van der Waals surface area (Å²) in [7, 11) is 0. The van der Waals surface area contributed by atoms with Crippen LogP contribution < -0.4 is 10.1 Å². The van der Waals surface area contributed by atoms with Gasteiger partial charge >= 0.3 is 0 Å². The molecule has 0 saturated carbocycles. The Labute approximate surface area is 112 Å². The molecule has 1 aromatic carbocycles. The summed E-state index contributed by atoms with van der Waals surface area (Å²) in [5.74, 6) is 1.54. The maximum atomic E-state index is 5.89. The highest BCUT2D eigenvalue weighted by Crippen LogP contribution is 2.19. The summed E-state index contributed by atoms with van der Waals surface area (Å²) in [6, 6.07) is 8.99. The molecule has 0 aromatic heterocycles. The van der Waals surface area contributed by atoms with E-state index in [-0.39, 0.29) is 6.10 Å². The van der Waals surface area contributed by atoms with Crippen LogP contribution in [0.15, 0.2) is 24.3 Å². The smallest absolute Gasteiger partial charge is 0.119 e. The van der Waals surface area contributed by atoms with Crippen LogP contribution in [0.1, 0.15) is 52.5 Å². The van der Waals surface area contributed by atoms with Gasteiger partial charge in [0, 0.05) is 6.04 Å². The van der Waals surface area contributed by atoms with Crippen LogP contribution in [0.3, 0.4) is 0 Å². The summed E-state index contributed by atoms with van der Waals surface area (Å²) < 4.78 is 5.89. The van der Waals surface area contributed by atoms with Crippen molar-refractivity contribution in [1.82, 2.24) is 5.32 Å². The summed E-state index contributed by atoms with van der Waals surface area (Å²) in [5, 5.41) is 3.41. The molecule has 102 valence electrons. The lowest BCUT2D eigenvalue weighted by molar-refractivity contribution is 0.209. The predicted molar refractivity (Wildman–Crippen MR) is 78.4 cm³/mol. The average Bonchev–Trinajstić information content (AvgIpc) is 2.29. The highest BCUT2D eigenvalue weighted by Gasteiger charge is 2.05. The molecule has 18 heavy (non-hydrogen) atoms. The molecule has 0 aliphatic carbocycles. The fraction of sp³-hybridized carbons (Fsp3) is 0.625. The topological polar surface area (TPSA) is 21.3 Å². The van der Waals surface area contributed by atoms with Gasteiger partial charge in [0.25, 0.3) is 0 Å². The third-order valence-corrected chi connectivity index (χ3v) is 2.99. The molecule has 2 heteroatoms. The van der Waals surface area contributed by atoms with Crippen LogP contribution in [0.2, 0.25) is 0 Å². The molecule has 0 aliphatic rings. The molecule has 1 unspecified atom stereocenters. The van der Waals surface area contributed by atoms with Crippen LogP contribution in [0.25, 0.3) is 0 Å². The quantitative estimate of drug-likeness (QED) is 0.789. The highest BCUT2D eigenvalue weighted by atomic mass is 16.5. The van der Waals surface area contributed by atoms with Gasteiger partial charge < -0.3 is 10.1 Å². The molecule has 2 nitrogen and oxygen atoms in total. The molecule has 0 amide bonds. The van der Waals surface area contributed by atoms with Crippen LogP contribution in [0, 0.1) is 0 Å². The van der Waals surface area contributed by atoms with E-state index in [9.17, 15) is 0 Å². The lowest BCUT2D eigenvalue weighted by Crippen LogP contribution is -2.27. The van der Waals surface area contributed by atoms with Crippen LogP contribution in [-0.4, -0.2) is 18.7 Å². The third kappa shape index (κ3) is 5.54. The first kappa shape index (κ1) is 15.0. The van der Waals surface area contributed by atoms with Gasteiger partial charge in [0.1, 0.15) is 5.75 Å². The van der Waals surface area contributed by atoms with E-state index in [1.807, 2.05) is 0 Å². The first-order valence-corrected chi connectivity index (χ1v) is 6.99. The van der Waals surface area contributed by atoms with Crippen LogP contribution in [0.4, 0.5) is 0 Å². The Morgan fingerprint density at radius 3 is 2.11 bits per heavy atom. The maximum absolute atomic E-state index is 5.89. The Balaban J connectivity index is 2.37. The van der Waals surface area contributed by atoms with Gasteiger partial charge in [-0.15, -0.1) is 0 Å². The Morgan fingerprint density at radius 1 is 1.00 bits per heavy atom. The van der Waals surface area contributed by atoms with E-state index < -0.39 is 0 Å². The minimum absolute atomic E-state index is 0.251. The van der Waals surface area contributed by atoms with Crippen molar-refractivity contribution in [3.05, 3.63) is 29.8 Å². The molecular weight excluding hydrogens is 222 g/mol. The number of nitrogens with one attached hydrogen (secondary N) is 1. The first-order valence-electron chi connectivity index (χ1n) is 6.99. The van der Waals surface area contributed by atoms with E-state index in [1.54, 1.807) is 0 Å². The Morgan fingerprint density at radius 2 is 1.61 bits per heavy atom. The molecule has 0 heterocycles. The van der Waals surface area contributed by atoms with Crippen molar-refractivity contribution in [1.29, 1.82) is 0 Å². The standard InChI is InChI=1S/C16H27NO/c1-12(2)15-6-8-16(9-7-15)18-14(5)10-11-17-13(3)4/h6-9,12-14,17H,10-11H2,1-5H3. The summed E-state index contributed by atoms with van der Waals surface area (Å²) in [5.41, 5.74) is 1.36. The van der Waals surface area contributed by atoms with Gasteiger partial charge in [0.15, 0.2) is 0 Å².